The van der Waals surface area contributed by atoms with E-state index < -0.39 is 0 Å². The minimum Gasteiger partial charge on any atom is -0.369 e. The zero-order valence-corrected chi connectivity index (χ0v) is 8.90. The number of halogens is 1. The molecule has 3 atom stereocenters. The van der Waals surface area contributed by atoms with E-state index >= 15 is 0 Å². The summed E-state index contributed by atoms with van der Waals surface area (Å²) in [6.07, 6.45) is 1.72. The number of carbonyl (C=O) groups excluding carboxylic acids is 1. The monoisotopic (exact) mass is 222 g/mol. The molecule has 0 radical (unpaired) electrons. The number of primary amides is 1. The molecule has 16 heavy (non-hydrogen) atoms. The molecule has 4 heteroatoms. The van der Waals surface area contributed by atoms with E-state index in [1.165, 1.54) is 12.1 Å². The second-order valence-electron chi connectivity index (χ2n) is 4.33. The summed E-state index contributed by atoms with van der Waals surface area (Å²) >= 11 is 0. The first kappa shape index (κ1) is 11.1. The van der Waals surface area contributed by atoms with Crippen LogP contribution in [0.3, 0.4) is 0 Å². The highest BCUT2D eigenvalue weighted by Crippen LogP contribution is 2.41. The van der Waals surface area contributed by atoms with E-state index in [1.807, 2.05) is 0 Å². The maximum absolute atomic E-state index is 12.7. The lowest BCUT2D eigenvalue weighted by Crippen LogP contribution is -2.42. The van der Waals surface area contributed by atoms with Crippen molar-refractivity contribution in [1.82, 2.24) is 0 Å². The van der Waals surface area contributed by atoms with Crippen LogP contribution in [0.15, 0.2) is 24.3 Å². The van der Waals surface area contributed by atoms with Crippen molar-refractivity contribution < 1.29 is 9.18 Å². The molecule has 1 aromatic rings. The van der Waals surface area contributed by atoms with Crippen LogP contribution in [0, 0.1) is 17.7 Å². The summed E-state index contributed by atoms with van der Waals surface area (Å²) < 4.78 is 12.7. The molecule has 0 spiro atoms. The SMILES string of the molecule is NC(=O)C1CCC1C(N)c1ccc(F)cc1. The van der Waals surface area contributed by atoms with Crippen LogP contribution >= 0.6 is 0 Å². The molecule has 1 saturated carbocycles. The molecular weight excluding hydrogens is 207 g/mol. The average Bonchev–Trinajstić information content (AvgIpc) is 2.15. The molecule has 0 bridgehead atoms. The molecule has 1 aliphatic rings. The van der Waals surface area contributed by atoms with Crippen molar-refractivity contribution in [2.45, 2.75) is 18.9 Å². The van der Waals surface area contributed by atoms with Gasteiger partial charge in [0.25, 0.3) is 0 Å². The fourth-order valence-electron chi connectivity index (χ4n) is 2.24. The number of hydrogen-bond acceptors (Lipinski definition) is 2. The highest BCUT2D eigenvalue weighted by Gasteiger charge is 2.39. The Labute approximate surface area is 93.6 Å². The van der Waals surface area contributed by atoms with Crippen molar-refractivity contribution in [2.24, 2.45) is 23.3 Å². The highest BCUT2D eigenvalue weighted by molar-refractivity contribution is 5.78. The van der Waals surface area contributed by atoms with Crippen LogP contribution < -0.4 is 11.5 Å². The Morgan fingerprint density at radius 3 is 2.38 bits per heavy atom. The fourth-order valence-corrected chi connectivity index (χ4v) is 2.24. The normalized spacial score (nSPS) is 25.9. The Kier molecular flexibility index (Phi) is 2.92. The van der Waals surface area contributed by atoms with Crippen LogP contribution in [0.4, 0.5) is 4.39 Å². The largest absolute Gasteiger partial charge is 0.369 e. The van der Waals surface area contributed by atoms with Gasteiger partial charge in [-0.15, -0.1) is 0 Å². The third-order valence-electron chi connectivity index (χ3n) is 3.41. The van der Waals surface area contributed by atoms with E-state index in [1.54, 1.807) is 12.1 Å². The van der Waals surface area contributed by atoms with Crippen molar-refractivity contribution in [3.63, 3.8) is 0 Å². The van der Waals surface area contributed by atoms with Gasteiger partial charge in [-0.3, -0.25) is 4.79 Å². The van der Waals surface area contributed by atoms with Crippen LogP contribution in [-0.2, 0) is 4.79 Å². The summed E-state index contributed by atoms with van der Waals surface area (Å²) in [5, 5.41) is 0. The van der Waals surface area contributed by atoms with Crippen molar-refractivity contribution in [1.29, 1.82) is 0 Å². The summed E-state index contributed by atoms with van der Waals surface area (Å²) in [5.41, 5.74) is 12.2. The Bertz CT molecular complexity index is 391. The third-order valence-corrected chi connectivity index (χ3v) is 3.41. The van der Waals surface area contributed by atoms with Gasteiger partial charge in [-0.25, -0.2) is 4.39 Å². The van der Waals surface area contributed by atoms with Crippen molar-refractivity contribution >= 4 is 5.91 Å². The number of amides is 1. The van der Waals surface area contributed by atoms with Gasteiger partial charge in [0.15, 0.2) is 0 Å². The maximum atomic E-state index is 12.7. The third kappa shape index (κ3) is 1.93. The quantitative estimate of drug-likeness (QED) is 0.810. The molecule has 1 aromatic carbocycles. The van der Waals surface area contributed by atoms with Crippen molar-refractivity contribution in [3.05, 3.63) is 35.6 Å². The van der Waals surface area contributed by atoms with Gasteiger partial charge < -0.3 is 11.5 Å². The Hall–Kier alpha value is -1.42. The highest BCUT2D eigenvalue weighted by atomic mass is 19.1. The molecule has 86 valence electrons. The van der Waals surface area contributed by atoms with Gasteiger partial charge in [0.05, 0.1) is 0 Å². The van der Waals surface area contributed by atoms with E-state index in [0.717, 1.165) is 18.4 Å². The zero-order chi connectivity index (χ0) is 11.7. The Balaban J connectivity index is 2.10. The smallest absolute Gasteiger partial charge is 0.220 e. The molecule has 0 aromatic heterocycles. The molecule has 2 rings (SSSR count). The molecule has 1 fully saturated rings. The lowest BCUT2D eigenvalue weighted by molar-refractivity contribution is -0.127. The van der Waals surface area contributed by atoms with Gasteiger partial charge >= 0.3 is 0 Å². The van der Waals surface area contributed by atoms with Gasteiger partial charge in [0.1, 0.15) is 5.82 Å². The molecule has 3 unspecified atom stereocenters. The molecule has 0 heterocycles. The molecule has 3 nitrogen and oxygen atoms in total. The topological polar surface area (TPSA) is 69.1 Å². The number of nitrogens with two attached hydrogens (primary N) is 2. The van der Waals surface area contributed by atoms with Crippen LogP contribution in [0.1, 0.15) is 24.4 Å². The van der Waals surface area contributed by atoms with Crippen molar-refractivity contribution in [2.75, 3.05) is 0 Å². The number of rotatable bonds is 3. The Morgan fingerprint density at radius 1 is 1.31 bits per heavy atom. The van der Waals surface area contributed by atoms with E-state index in [9.17, 15) is 9.18 Å². The number of benzene rings is 1. The zero-order valence-electron chi connectivity index (χ0n) is 8.90. The van der Waals surface area contributed by atoms with E-state index in [4.69, 9.17) is 11.5 Å². The molecule has 1 aliphatic carbocycles. The van der Waals surface area contributed by atoms with Gasteiger partial charge in [0.2, 0.25) is 5.91 Å². The van der Waals surface area contributed by atoms with Crippen LogP contribution in [0.5, 0.6) is 0 Å². The molecule has 1 amide bonds. The molecule has 0 saturated heterocycles. The van der Waals surface area contributed by atoms with E-state index in [-0.39, 0.29) is 29.6 Å². The molecule has 4 N–H and O–H groups in total. The summed E-state index contributed by atoms with van der Waals surface area (Å²) in [6.45, 7) is 0. The predicted molar refractivity (Wildman–Crippen MR) is 58.7 cm³/mol. The lowest BCUT2D eigenvalue weighted by atomic mass is 9.68. The second-order valence-corrected chi connectivity index (χ2v) is 4.33. The molecule has 0 aliphatic heterocycles. The minimum absolute atomic E-state index is 0.1000. The first-order valence-corrected chi connectivity index (χ1v) is 5.40. The van der Waals surface area contributed by atoms with Crippen LogP contribution in [-0.4, -0.2) is 5.91 Å². The predicted octanol–water partition coefficient (Wildman–Crippen LogP) is 1.34. The average molecular weight is 222 g/mol. The first-order valence-electron chi connectivity index (χ1n) is 5.40. The van der Waals surface area contributed by atoms with Gasteiger partial charge in [-0.05, 0) is 36.5 Å². The van der Waals surface area contributed by atoms with Crippen molar-refractivity contribution in [3.8, 4) is 0 Å². The number of carbonyl (C=O) groups is 1. The van der Waals surface area contributed by atoms with Gasteiger partial charge in [0, 0.05) is 12.0 Å². The second kappa shape index (κ2) is 4.22. The summed E-state index contributed by atoms with van der Waals surface area (Å²) in [5.74, 6) is -0.590. The first-order chi connectivity index (χ1) is 7.59. The van der Waals surface area contributed by atoms with Gasteiger partial charge in [-0.2, -0.15) is 0 Å². The lowest BCUT2D eigenvalue weighted by Gasteiger charge is -2.38. The van der Waals surface area contributed by atoms with Gasteiger partial charge in [-0.1, -0.05) is 12.1 Å². The standard InChI is InChI=1S/C12H15FN2O/c13-8-3-1-7(2-4-8)11(14)9-5-6-10(9)12(15)16/h1-4,9-11H,5-6,14H2,(H2,15,16). The fraction of sp³-hybridized carbons (Fsp3) is 0.417. The van der Waals surface area contributed by atoms with E-state index in [2.05, 4.69) is 0 Å². The minimum atomic E-state index is -0.284. The summed E-state index contributed by atoms with van der Waals surface area (Å²) in [6, 6.07) is 5.86. The summed E-state index contributed by atoms with van der Waals surface area (Å²) in [4.78, 5) is 11.1. The van der Waals surface area contributed by atoms with Crippen LogP contribution in [0.2, 0.25) is 0 Å². The van der Waals surface area contributed by atoms with E-state index in [0.29, 0.717) is 0 Å². The molecular formula is C12H15FN2O. The maximum Gasteiger partial charge on any atom is 0.220 e. The van der Waals surface area contributed by atoms with Crippen LogP contribution in [0.25, 0.3) is 0 Å². The summed E-state index contributed by atoms with van der Waals surface area (Å²) in [7, 11) is 0. The Morgan fingerprint density at radius 2 is 1.94 bits per heavy atom. The number of hydrogen-bond donors (Lipinski definition) is 2.